The van der Waals surface area contributed by atoms with Crippen molar-refractivity contribution in [1.82, 2.24) is 14.6 Å². The minimum Gasteiger partial charge on any atom is -0.236 e. The van der Waals surface area contributed by atoms with Crippen molar-refractivity contribution < 1.29 is 0 Å². The van der Waals surface area contributed by atoms with Gasteiger partial charge < -0.3 is 0 Å². The summed E-state index contributed by atoms with van der Waals surface area (Å²) in [5.41, 5.74) is 3.62. The second-order valence-electron chi connectivity index (χ2n) is 4.14. The molecule has 4 nitrogen and oxygen atoms in total. The standard InChI is InChI=1S/C14H9ClN4/c1-9-12(8-16)14-17-7-6-13(19(14)18-9)10-2-4-11(15)5-3-10/h2-7H,1H3. The fourth-order valence-electron chi connectivity index (χ4n) is 2.02. The maximum Gasteiger partial charge on any atom is 0.173 e. The molecule has 1 aromatic carbocycles. The lowest BCUT2D eigenvalue weighted by atomic mass is 10.1. The lowest BCUT2D eigenvalue weighted by Crippen LogP contribution is -1.95. The number of rotatable bonds is 1. The van der Waals surface area contributed by atoms with E-state index in [2.05, 4.69) is 16.2 Å². The van der Waals surface area contributed by atoms with E-state index in [4.69, 9.17) is 16.9 Å². The second-order valence-corrected chi connectivity index (χ2v) is 4.58. The van der Waals surface area contributed by atoms with Crippen molar-refractivity contribution in [3.63, 3.8) is 0 Å². The molecule has 0 atom stereocenters. The molecule has 0 N–H and O–H groups in total. The summed E-state index contributed by atoms with van der Waals surface area (Å²) in [6.07, 6.45) is 1.68. The molecular weight excluding hydrogens is 260 g/mol. The van der Waals surface area contributed by atoms with Gasteiger partial charge in [0.1, 0.15) is 11.6 Å². The van der Waals surface area contributed by atoms with Crippen molar-refractivity contribution >= 4 is 17.2 Å². The predicted molar refractivity (Wildman–Crippen MR) is 72.9 cm³/mol. The van der Waals surface area contributed by atoms with E-state index in [1.165, 1.54) is 0 Å². The SMILES string of the molecule is Cc1nn2c(-c3ccc(Cl)cc3)ccnc2c1C#N. The minimum absolute atomic E-state index is 0.510. The van der Waals surface area contributed by atoms with E-state index in [-0.39, 0.29) is 0 Å². The molecule has 19 heavy (non-hydrogen) atoms. The summed E-state index contributed by atoms with van der Waals surface area (Å²) in [5.74, 6) is 0. The van der Waals surface area contributed by atoms with Crippen molar-refractivity contribution in [2.75, 3.05) is 0 Å². The van der Waals surface area contributed by atoms with Crippen molar-refractivity contribution in [2.24, 2.45) is 0 Å². The largest absolute Gasteiger partial charge is 0.236 e. The lowest BCUT2D eigenvalue weighted by molar-refractivity contribution is 0.925. The topological polar surface area (TPSA) is 54.0 Å². The summed E-state index contributed by atoms with van der Waals surface area (Å²) in [7, 11) is 0. The molecular formula is C14H9ClN4. The molecule has 0 aliphatic rings. The Bertz CT molecular complexity index is 797. The smallest absolute Gasteiger partial charge is 0.173 e. The van der Waals surface area contributed by atoms with E-state index in [9.17, 15) is 0 Å². The number of hydrogen-bond acceptors (Lipinski definition) is 3. The van der Waals surface area contributed by atoms with Gasteiger partial charge in [0.25, 0.3) is 0 Å². The van der Waals surface area contributed by atoms with Gasteiger partial charge in [-0.25, -0.2) is 9.50 Å². The Hall–Kier alpha value is -2.38. The molecule has 3 aromatic rings. The van der Waals surface area contributed by atoms with Crippen LogP contribution in [0.5, 0.6) is 0 Å². The Morgan fingerprint density at radius 3 is 2.63 bits per heavy atom. The summed E-state index contributed by atoms with van der Waals surface area (Å²) in [6, 6.07) is 11.5. The molecule has 3 rings (SSSR count). The first-order chi connectivity index (χ1) is 9.20. The molecule has 0 aliphatic heterocycles. The zero-order chi connectivity index (χ0) is 13.4. The number of hydrogen-bond donors (Lipinski definition) is 0. The highest BCUT2D eigenvalue weighted by Crippen LogP contribution is 2.23. The van der Waals surface area contributed by atoms with Crippen LogP contribution in [0.4, 0.5) is 0 Å². The van der Waals surface area contributed by atoms with E-state index in [1.807, 2.05) is 30.3 Å². The summed E-state index contributed by atoms with van der Waals surface area (Å²) in [5, 5.41) is 14.2. The monoisotopic (exact) mass is 268 g/mol. The summed E-state index contributed by atoms with van der Waals surface area (Å²) in [4.78, 5) is 4.23. The summed E-state index contributed by atoms with van der Waals surface area (Å²) >= 11 is 5.89. The summed E-state index contributed by atoms with van der Waals surface area (Å²) in [6.45, 7) is 1.80. The molecule has 0 saturated carbocycles. The van der Waals surface area contributed by atoms with Gasteiger partial charge in [-0.15, -0.1) is 0 Å². The highest BCUT2D eigenvalue weighted by atomic mass is 35.5. The average Bonchev–Trinajstić information content (AvgIpc) is 2.75. The van der Waals surface area contributed by atoms with Gasteiger partial charge in [0.15, 0.2) is 5.65 Å². The number of nitriles is 1. The fraction of sp³-hybridized carbons (Fsp3) is 0.0714. The highest BCUT2D eigenvalue weighted by Gasteiger charge is 2.13. The molecule has 5 heteroatoms. The van der Waals surface area contributed by atoms with E-state index in [0.29, 0.717) is 21.9 Å². The molecule has 0 amide bonds. The molecule has 0 spiro atoms. The zero-order valence-corrected chi connectivity index (χ0v) is 10.9. The van der Waals surface area contributed by atoms with Gasteiger partial charge in [-0.3, -0.25) is 0 Å². The molecule has 0 bridgehead atoms. The highest BCUT2D eigenvalue weighted by molar-refractivity contribution is 6.30. The van der Waals surface area contributed by atoms with Gasteiger partial charge in [-0.1, -0.05) is 23.7 Å². The van der Waals surface area contributed by atoms with Gasteiger partial charge in [-0.2, -0.15) is 10.4 Å². The normalized spacial score (nSPS) is 10.6. The van der Waals surface area contributed by atoms with Crippen LogP contribution in [0.1, 0.15) is 11.3 Å². The third-order valence-electron chi connectivity index (χ3n) is 2.95. The molecule has 0 aliphatic carbocycles. The molecule has 0 fully saturated rings. The van der Waals surface area contributed by atoms with E-state index < -0.39 is 0 Å². The number of aryl methyl sites for hydroxylation is 1. The first kappa shape index (κ1) is 11.7. The Labute approximate surface area is 114 Å². The Morgan fingerprint density at radius 2 is 1.95 bits per heavy atom. The van der Waals surface area contributed by atoms with Crippen LogP contribution in [0, 0.1) is 18.3 Å². The molecule has 0 saturated heterocycles. The molecule has 2 heterocycles. The fourth-order valence-corrected chi connectivity index (χ4v) is 2.15. The number of nitrogens with zero attached hydrogens (tertiary/aromatic N) is 4. The van der Waals surface area contributed by atoms with Crippen molar-refractivity contribution in [1.29, 1.82) is 5.26 Å². The van der Waals surface area contributed by atoms with E-state index in [1.54, 1.807) is 17.6 Å². The maximum absolute atomic E-state index is 9.14. The van der Waals surface area contributed by atoms with Gasteiger partial charge in [-0.05, 0) is 25.1 Å². The predicted octanol–water partition coefficient (Wildman–Crippen LogP) is 3.23. The molecule has 0 unspecified atom stereocenters. The molecule has 92 valence electrons. The molecule has 2 aromatic heterocycles. The lowest BCUT2D eigenvalue weighted by Gasteiger charge is -2.04. The van der Waals surface area contributed by atoms with Crippen LogP contribution >= 0.6 is 11.6 Å². The Kier molecular flexibility index (Phi) is 2.69. The maximum atomic E-state index is 9.14. The van der Waals surface area contributed by atoms with Crippen LogP contribution in [0.2, 0.25) is 5.02 Å². The van der Waals surface area contributed by atoms with Crippen LogP contribution in [0.25, 0.3) is 16.9 Å². The van der Waals surface area contributed by atoms with Gasteiger partial charge in [0.05, 0.1) is 11.4 Å². The second kappa shape index (κ2) is 4.38. The van der Waals surface area contributed by atoms with Crippen LogP contribution in [-0.2, 0) is 0 Å². The number of fused-ring (bicyclic) bond motifs is 1. The Balaban J connectivity index is 2.31. The number of benzene rings is 1. The van der Waals surface area contributed by atoms with Crippen LogP contribution in [0.15, 0.2) is 36.5 Å². The van der Waals surface area contributed by atoms with Crippen molar-refractivity contribution in [3.8, 4) is 17.3 Å². The van der Waals surface area contributed by atoms with Crippen LogP contribution < -0.4 is 0 Å². The van der Waals surface area contributed by atoms with Gasteiger partial charge in [0.2, 0.25) is 0 Å². The molecule has 0 radical (unpaired) electrons. The zero-order valence-electron chi connectivity index (χ0n) is 10.1. The van der Waals surface area contributed by atoms with E-state index >= 15 is 0 Å². The average molecular weight is 269 g/mol. The quantitative estimate of drug-likeness (QED) is 0.681. The first-order valence-electron chi connectivity index (χ1n) is 5.71. The minimum atomic E-state index is 0.510. The first-order valence-corrected chi connectivity index (χ1v) is 6.09. The Morgan fingerprint density at radius 1 is 1.21 bits per heavy atom. The number of halogens is 1. The van der Waals surface area contributed by atoms with Gasteiger partial charge >= 0.3 is 0 Å². The summed E-state index contributed by atoms with van der Waals surface area (Å²) < 4.78 is 1.69. The van der Waals surface area contributed by atoms with Crippen LogP contribution in [0.3, 0.4) is 0 Å². The third-order valence-corrected chi connectivity index (χ3v) is 3.20. The van der Waals surface area contributed by atoms with Crippen LogP contribution in [-0.4, -0.2) is 14.6 Å². The third kappa shape index (κ3) is 1.85. The van der Waals surface area contributed by atoms with Gasteiger partial charge in [0, 0.05) is 16.8 Å². The van der Waals surface area contributed by atoms with Crippen molar-refractivity contribution in [2.45, 2.75) is 6.92 Å². The van der Waals surface area contributed by atoms with E-state index in [0.717, 1.165) is 11.3 Å². The van der Waals surface area contributed by atoms with Crippen molar-refractivity contribution in [3.05, 3.63) is 52.8 Å². The number of aromatic nitrogens is 3.